The van der Waals surface area contributed by atoms with Crippen molar-refractivity contribution in [3.63, 3.8) is 0 Å². The van der Waals surface area contributed by atoms with Gasteiger partial charge >= 0.3 is 12.2 Å². The minimum Gasteiger partial charge on any atom is -0.446 e. The van der Waals surface area contributed by atoms with Crippen molar-refractivity contribution in [3.05, 3.63) is 24.0 Å². The number of alkyl carbamates (subject to hydrolysis) is 1. The van der Waals surface area contributed by atoms with E-state index in [9.17, 15) is 18.2 Å². The highest BCUT2D eigenvalue weighted by Gasteiger charge is 2.52. The highest BCUT2D eigenvalue weighted by Crippen LogP contribution is 2.43. The van der Waals surface area contributed by atoms with E-state index < -0.39 is 34.9 Å². The first-order valence-electron chi connectivity index (χ1n) is 8.61. The van der Waals surface area contributed by atoms with Crippen LogP contribution >= 0.6 is 0 Å². The van der Waals surface area contributed by atoms with Crippen molar-refractivity contribution in [1.82, 2.24) is 5.32 Å². The largest absolute Gasteiger partial charge is 0.446 e. The first-order valence-corrected chi connectivity index (χ1v) is 10.1. The average Bonchev–Trinajstić information content (AvgIpc) is 2.96. The molecule has 0 aliphatic carbocycles. The minimum absolute atomic E-state index is 0.0697. The Morgan fingerprint density at radius 3 is 2.81 bits per heavy atom. The number of nitrogens with one attached hydrogen (secondary N) is 1. The number of rotatable bonds is 4. The van der Waals surface area contributed by atoms with Crippen molar-refractivity contribution in [1.29, 1.82) is 0 Å². The molecule has 1 atom stereocenters. The van der Waals surface area contributed by atoms with Gasteiger partial charge in [0.05, 0.1) is 17.9 Å². The summed E-state index contributed by atoms with van der Waals surface area (Å²) in [6.45, 7) is 1.52. The van der Waals surface area contributed by atoms with Crippen molar-refractivity contribution in [3.8, 4) is 0 Å². The third-order valence-corrected chi connectivity index (χ3v) is 6.92. The number of cyclic esters (lactones) is 1. The van der Waals surface area contributed by atoms with Gasteiger partial charge in [-0.15, -0.1) is 0 Å². The SMILES string of the molecule is CNC(=O)OC[C@H]1CN(c2ccc(N3CC4(C3)CS(=O)C4)c(F)c2)C(=O)O1. The molecule has 0 unspecified atom stereocenters. The van der Waals surface area contributed by atoms with E-state index in [-0.39, 0.29) is 18.6 Å². The second kappa shape index (κ2) is 6.66. The highest BCUT2D eigenvalue weighted by atomic mass is 32.2. The Kier molecular flexibility index (Phi) is 4.45. The standard InChI is InChI=1S/C17H20FN3O5S/c1-19-15(22)25-6-12-5-21(16(23)26-12)11-2-3-14(13(18)4-11)20-7-17(8-20)9-27(24)10-17/h2-4,12H,5-10H2,1H3,(H,19,22)/t12-/m1/s1. The summed E-state index contributed by atoms with van der Waals surface area (Å²) < 4.78 is 35.9. The average molecular weight is 397 g/mol. The molecule has 146 valence electrons. The zero-order chi connectivity index (χ0) is 19.2. The molecule has 10 heteroatoms. The summed E-state index contributed by atoms with van der Waals surface area (Å²) in [5.41, 5.74) is 0.963. The lowest BCUT2D eigenvalue weighted by molar-refractivity contribution is 0.0745. The van der Waals surface area contributed by atoms with Gasteiger partial charge in [0.1, 0.15) is 12.4 Å². The molecule has 3 aliphatic heterocycles. The number of hydrogen-bond donors (Lipinski definition) is 1. The number of carbonyl (C=O) groups excluding carboxylic acids is 2. The Morgan fingerprint density at radius 2 is 2.19 bits per heavy atom. The van der Waals surface area contributed by atoms with Gasteiger partial charge in [0, 0.05) is 47.9 Å². The minimum atomic E-state index is -0.719. The number of nitrogens with zero attached hydrogens (tertiary/aromatic N) is 2. The van der Waals surface area contributed by atoms with E-state index in [1.165, 1.54) is 18.0 Å². The van der Waals surface area contributed by atoms with Gasteiger partial charge < -0.3 is 19.7 Å². The number of halogens is 1. The molecule has 0 radical (unpaired) electrons. The molecule has 3 heterocycles. The summed E-state index contributed by atoms with van der Waals surface area (Å²) in [5.74, 6) is 0.977. The van der Waals surface area contributed by atoms with E-state index in [0.29, 0.717) is 36.0 Å². The lowest BCUT2D eigenvalue weighted by Crippen LogP contribution is -2.67. The molecule has 1 aromatic rings. The summed E-state index contributed by atoms with van der Waals surface area (Å²) in [6.07, 6.45) is -1.82. The Morgan fingerprint density at radius 1 is 1.44 bits per heavy atom. The van der Waals surface area contributed by atoms with Crippen molar-refractivity contribution in [2.24, 2.45) is 5.41 Å². The molecule has 3 saturated heterocycles. The summed E-state index contributed by atoms with van der Waals surface area (Å²) in [5, 5.41) is 2.31. The lowest BCUT2D eigenvalue weighted by atomic mass is 9.82. The van der Waals surface area contributed by atoms with Crippen LogP contribution in [0.4, 0.5) is 25.4 Å². The third-order valence-electron chi connectivity index (χ3n) is 5.05. The van der Waals surface area contributed by atoms with Gasteiger partial charge in [-0.3, -0.25) is 9.11 Å². The molecule has 1 aromatic carbocycles. The van der Waals surface area contributed by atoms with Crippen LogP contribution in [0.15, 0.2) is 18.2 Å². The maximum Gasteiger partial charge on any atom is 0.414 e. The fourth-order valence-electron chi connectivity index (χ4n) is 3.74. The van der Waals surface area contributed by atoms with Gasteiger partial charge in [0.25, 0.3) is 0 Å². The number of anilines is 2. The van der Waals surface area contributed by atoms with Crippen LogP contribution in [0.2, 0.25) is 0 Å². The molecule has 1 N–H and O–H groups in total. The predicted octanol–water partition coefficient (Wildman–Crippen LogP) is 1.08. The first kappa shape index (κ1) is 18.0. The molecular weight excluding hydrogens is 377 g/mol. The van der Waals surface area contributed by atoms with E-state index in [1.54, 1.807) is 12.1 Å². The van der Waals surface area contributed by atoms with Crippen molar-refractivity contribution >= 4 is 34.4 Å². The van der Waals surface area contributed by atoms with Crippen molar-refractivity contribution in [2.75, 3.05) is 54.6 Å². The van der Waals surface area contributed by atoms with Crippen LogP contribution in [-0.4, -0.2) is 67.3 Å². The van der Waals surface area contributed by atoms with Crippen LogP contribution in [0.5, 0.6) is 0 Å². The zero-order valence-corrected chi connectivity index (χ0v) is 15.6. The number of amides is 2. The summed E-state index contributed by atoms with van der Waals surface area (Å²) in [7, 11) is 0.716. The Bertz CT molecular complexity index is 804. The molecule has 2 amide bonds. The van der Waals surface area contributed by atoms with Gasteiger partial charge in [-0.1, -0.05) is 0 Å². The third kappa shape index (κ3) is 3.33. The fraction of sp³-hybridized carbons (Fsp3) is 0.529. The summed E-state index contributed by atoms with van der Waals surface area (Å²) in [6, 6.07) is 4.63. The van der Waals surface area contributed by atoms with Crippen molar-refractivity contribution < 1.29 is 27.7 Å². The number of hydrogen-bond acceptors (Lipinski definition) is 6. The summed E-state index contributed by atoms with van der Waals surface area (Å²) in [4.78, 5) is 26.4. The second-order valence-electron chi connectivity index (χ2n) is 7.19. The molecule has 0 bridgehead atoms. The maximum absolute atomic E-state index is 14.6. The second-order valence-corrected chi connectivity index (χ2v) is 8.64. The van der Waals surface area contributed by atoms with Crippen LogP contribution < -0.4 is 15.1 Å². The van der Waals surface area contributed by atoms with Gasteiger partial charge in [0.2, 0.25) is 0 Å². The van der Waals surface area contributed by atoms with Crippen LogP contribution in [0.25, 0.3) is 0 Å². The van der Waals surface area contributed by atoms with E-state index in [0.717, 1.165) is 0 Å². The van der Waals surface area contributed by atoms with Crippen molar-refractivity contribution in [2.45, 2.75) is 6.10 Å². The molecule has 3 fully saturated rings. The van der Waals surface area contributed by atoms with Crippen LogP contribution in [0.1, 0.15) is 0 Å². The molecule has 4 rings (SSSR count). The van der Waals surface area contributed by atoms with Crippen LogP contribution in [0.3, 0.4) is 0 Å². The fourth-order valence-corrected chi connectivity index (χ4v) is 5.38. The normalized spacial score (nSPS) is 23.6. The molecule has 27 heavy (non-hydrogen) atoms. The van der Waals surface area contributed by atoms with E-state index in [1.807, 2.05) is 4.90 Å². The van der Waals surface area contributed by atoms with Gasteiger partial charge in [-0.25, -0.2) is 14.0 Å². The molecular formula is C17H20FN3O5S. The molecule has 3 aliphatic rings. The molecule has 8 nitrogen and oxygen atoms in total. The quantitative estimate of drug-likeness (QED) is 0.818. The Balaban J connectivity index is 1.38. The predicted molar refractivity (Wildman–Crippen MR) is 96.9 cm³/mol. The monoisotopic (exact) mass is 397 g/mol. The smallest absolute Gasteiger partial charge is 0.414 e. The first-order chi connectivity index (χ1) is 12.9. The van der Waals surface area contributed by atoms with E-state index in [4.69, 9.17) is 9.47 Å². The number of benzene rings is 1. The lowest BCUT2D eigenvalue weighted by Gasteiger charge is -2.55. The number of carbonyl (C=O) groups is 2. The zero-order valence-electron chi connectivity index (χ0n) is 14.8. The van der Waals surface area contributed by atoms with Gasteiger partial charge in [0.15, 0.2) is 6.10 Å². The Labute approximate surface area is 158 Å². The maximum atomic E-state index is 14.6. The van der Waals surface area contributed by atoms with Crippen LogP contribution in [-0.2, 0) is 20.3 Å². The Hall–Kier alpha value is -2.36. The van der Waals surface area contributed by atoms with Gasteiger partial charge in [-0.05, 0) is 18.2 Å². The van der Waals surface area contributed by atoms with E-state index in [2.05, 4.69) is 5.32 Å². The molecule has 0 aromatic heterocycles. The number of ether oxygens (including phenoxy) is 2. The highest BCUT2D eigenvalue weighted by molar-refractivity contribution is 7.86. The van der Waals surface area contributed by atoms with E-state index >= 15 is 0 Å². The molecule has 0 saturated carbocycles. The van der Waals surface area contributed by atoms with Gasteiger partial charge in [-0.2, -0.15) is 0 Å². The topological polar surface area (TPSA) is 88.2 Å². The van der Waals surface area contributed by atoms with Crippen LogP contribution in [0, 0.1) is 11.2 Å². The summed E-state index contributed by atoms with van der Waals surface area (Å²) >= 11 is 0. The molecule has 1 spiro atoms.